The lowest BCUT2D eigenvalue weighted by atomic mass is 10.0. The van der Waals surface area contributed by atoms with Crippen molar-refractivity contribution in [3.8, 4) is 0 Å². The van der Waals surface area contributed by atoms with Gasteiger partial charge >= 0.3 is 11.9 Å². The molecule has 0 aromatic heterocycles. The van der Waals surface area contributed by atoms with Gasteiger partial charge in [-0.25, -0.2) is 9.59 Å². The molecule has 0 aliphatic carbocycles. The van der Waals surface area contributed by atoms with Gasteiger partial charge in [0.1, 0.15) is 0 Å². The smallest absolute Gasteiger partial charge is 0.333 e. The van der Waals surface area contributed by atoms with Crippen molar-refractivity contribution in [2.45, 2.75) is 116 Å². The number of ether oxygens (including phenoxy) is 2. The number of quaternary nitrogens is 1. The first kappa shape index (κ1) is 34.0. The van der Waals surface area contributed by atoms with Crippen LogP contribution in [0, 0.1) is 0 Å². The van der Waals surface area contributed by atoms with Crippen LogP contribution in [0.25, 0.3) is 0 Å². The Morgan fingerprint density at radius 2 is 1.03 bits per heavy atom. The lowest BCUT2D eigenvalue weighted by molar-refractivity contribution is -0.885. The second-order valence-electron chi connectivity index (χ2n) is 8.93. The van der Waals surface area contributed by atoms with E-state index < -0.39 is 18.2 Å². The third kappa shape index (κ3) is 23.8. The summed E-state index contributed by atoms with van der Waals surface area (Å²) in [5.74, 6) is -1.19. The lowest BCUT2D eigenvalue weighted by Gasteiger charge is -2.21. The molecule has 0 spiro atoms. The zero-order chi connectivity index (χ0) is 23.9. The van der Waals surface area contributed by atoms with E-state index >= 15 is 0 Å². The van der Waals surface area contributed by atoms with Crippen LogP contribution in [0.4, 0.5) is 0 Å². The highest BCUT2D eigenvalue weighted by molar-refractivity contribution is 5.83. The number of likely N-dealkylation sites (N-methyl/N-ethyl adjacent to an activating group) is 1. The van der Waals surface area contributed by atoms with Crippen LogP contribution in [-0.2, 0) is 19.1 Å². The second kappa shape index (κ2) is 25.5. The average Bonchev–Trinajstić information content (AvgIpc) is 2.78. The first-order chi connectivity index (χ1) is 15.5. The molecule has 0 amide bonds. The minimum Gasteiger partial charge on any atom is -1.00 e. The molecule has 1 N–H and O–H groups in total. The van der Waals surface area contributed by atoms with Crippen molar-refractivity contribution in [1.29, 1.82) is 0 Å². The number of esters is 2. The number of hydrogen-bond acceptors (Lipinski definition) is 4. The van der Waals surface area contributed by atoms with Crippen molar-refractivity contribution in [1.82, 2.24) is 0 Å². The van der Waals surface area contributed by atoms with E-state index in [1.54, 1.807) is 0 Å². The molecule has 0 aliphatic heterocycles. The molecule has 33 heavy (non-hydrogen) atoms. The monoisotopic (exact) mass is 531 g/mol. The third-order valence-electron chi connectivity index (χ3n) is 5.80. The van der Waals surface area contributed by atoms with Crippen LogP contribution in [0.15, 0.2) is 25.3 Å². The fraction of sp³-hybridized carbons (Fsp3) is 0.778. The molecule has 194 valence electrons. The molecule has 0 radical (unpaired) electrons. The highest BCUT2D eigenvalue weighted by Gasteiger charge is 2.21. The molecule has 0 aromatic carbocycles. The highest BCUT2D eigenvalue weighted by atomic mass is 79.9. The summed E-state index contributed by atoms with van der Waals surface area (Å²) in [4.78, 5) is 24.0. The van der Waals surface area contributed by atoms with Gasteiger partial charge in [0.2, 0.25) is 0 Å². The fourth-order valence-corrected chi connectivity index (χ4v) is 3.82. The molecule has 0 rings (SSSR count). The predicted octanol–water partition coefficient (Wildman–Crippen LogP) is 2.55. The minimum atomic E-state index is -0.910. The molecule has 0 aliphatic rings. The molecular formula is C27H50BrNO4. The van der Waals surface area contributed by atoms with E-state index in [2.05, 4.69) is 20.1 Å². The number of unbranched alkanes of at least 4 members (excludes halogenated alkanes) is 15. The van der Waals surface area contributed by atoms with Gasteiger partial charge in [-0.1, -0.05) is 110 Å². The van der Waals surface area contributed by atoms with Crippen molar-refractivity contribution >= 4 is 11.9 Å². The Morgan fingerprint density at radius 1 is 0.697 bits per heavy atom. The number of carbonyl (C=O) groups excluding carboxylic acids is 2. The molecular weight excluding hydrogens is 482 g/mol. The molecule has 1 atom stereocenters. The highest BCUT2D eigenvalue weighted by Crippen LogP contribution is 2.13. The molecule has 0 fully saturated rings. The van der Waals surface area contributed by atoms with Gasteiger partial charge in [-0.3, -0.25) is 0 Å². The quantitative estimate of drug-likeness (QED) is 0.0952. The molecule has 0 heterocycles. The Hall–Kier alpha value is -1.14. The van der Waals surface area contributed by atoms with Gasteiger partial charge in [0, 0.05) is 12.2 Å². The van der Waals surface area contributed by atoms with E-state index in [9.17, 15) is 9.59 Å². The molecule has 0 saturated carbocycles. The summed E-state index contributed by atoms with van der Waals surface area (Å²) < 4.78 is 10.2. The molecule has 6 heteroatoms. The van der Waals surface area contributed by atoms with Gasteiger partial charge < -0.3 is 31.4 Å². The van der Waals surface area contributed by atoms with Gasteiger partial charge in [0.25, 0.3) is 6.29 Å². The number of halogens is 1. The lowest BCUT2D eigenvalue weighted by Crippen LogP contribution is -3.10. The number of carbonyl (C=O) groups is 2. The number of nitrogens with one attached hydrogen (secondary N) is 1. The van der Waals surface area contributed by atoms with E-state index in [4.69, 9.17) is 9.47 Å². The van der Waals surface area contributed by atoms with Crippen LogP contribution in [0.3, 0.4) is 0 Å². The third-order valence-corrected chi connectivity index (χ3v) is 5.80. The molecule has 0 saturated heterocycles. The van der Waals surface area contributed by atoms with Crippen molar-refractivity contribution in [2.75, 3.05) is 20.1 Å². The summed E-state index contributed by atoms with van der Waals surface area (Å²) in [6.07, 6.45) is 22.9. The summed E-state index contributed by atoms with van der Waals surface area (Å²) in [6.45, 7) is 10.4. The number of hydrogen-bond donors (Lipinski definition) is 1. The van der Waals surface area contributed by atoms with E-state index in [-0.39, 0.29) is 17.0 Å². The zero-order valence-electron chi connectivity index (χ0n) is 21.4. The van der Waals surface area contributed by atoms with Crippen LogP contribution < -0.4 is 21.9 Å². The molecule has 5 nitrogen and oxygen atoms in total. The molecule has 0 aromatic rings. The maximum atomic E-state index is 11.4. The van der Waals surface area contributed by atoms with E-state index in [0.717, 1.165) is 30.0 Å². The molecule has 0 bridgehead atoms. The van der Waals surface area contributed by atoms with Crippen molar-refractivity contribution in [3.63, 3.8) is 0 Å². The summed E-state index contributed by atoms with van der Waals surface area (Å²) in [5, 5.41) is 0. The average molecular weight is 533 g/mol. The zero-order valence-corrected chi connectivity index (χ0v) is 23.0. The van der Waals surface area contributed by atoms with Gasteiger partial charge in [-0.15, -0.1) is 0 Å². The SMILES string of the molecule is C=CC(=O)OC(C[NH+](C)CCCCCCCCCCCCCCCCCC)OC(=O)C=C.[Br-]. The summed E-state index contributed by atoms with van der Waals surface area (Å²) >= 11 is 0. The Morgan fingerprint density at radius 3 is 1.36 bits per heavy atom. The van der Waals surface area contributed by atoms with Crippen molar-refractivity contribution in [3.05, 3.63) is 25.3 Å². The predicted molar refractivity (Wildman–Crippen MR) is 133 cm³/mol. The first-order valence-corrected chi connectivity index (χ1v) is 13.0. The van der Waals surface area contributed by atoms with Gasteiger partial charge in [-0.05, 0) is 12.8 Å². The van der Waals surface area contributed by atoms with Gasteiger partial charge in [-0.2, -0.15) is 0 Å². The van der Waals surface area contributed by atoms with Crippen LogP contribution >= 0.6 is 0 Å². The summed E-state index contributed by atoms with van der Waals surface area (Å²) in [6, 6.07) is 0. The van der Waals surface area contributed by atoms with Crippen molar-refractivity contribution < 1.29 is 40.9 Å². The van der Waals surface area contributed by atoms with Gasteiger partial charge in [0.05, 0.1) is 13.6 Å². The molecule has 1 unspecified atom stereocenters. The van der Waals surface area contributed by atoms with Crippen LogP contribution in [0.1, 0.15) is 110 Å². The topological polar surface area (TPSA) is 57.0 Å². The van der Waals surface area contributed by atoms with Crippen LogP contribution in [0.2, 0.25) is 0 Å². The minimum absolute atomic E-state index is 0. The van der Waals surface area contributed by atoms with Crippen LogP contribution in [0.5, 0.6) is 0 Å². The Bertz CT molecular complexity index is 477. The largest absolute Gasteiger partial charge is 1.00 e. The number of rotatable bonds is 23. The fourth-order valence-electron chi connectivity index (χ4n) is 3.82. The van der Waals surface area contributed by atoms with E-state index in [1.807, 2.05) is 7.05 Å². The maximum Gasteiger partial charge on any atom is 0.333 e. The van der Waals surface area contributed by atoms with Crippen molar-refractivity contribution in [2.24, 2.45) is 0 Å². The summed E-state index contributed by atoms with van der Waals surface area (Å²) in [7, 11) is 2.02. The summed E-state index contributed by atoms with van der Waals surface area (Å²) in [5.41, 5.74) is 0. The van der Waals surface area contributed by atoms with Crippen LogP contribution in [-0.4, -0.2) is 38.4 Å². The Kier molecular flexibility index (Phi) is 26.3. The maximum absolute atomic E-state index is 11.4. The van der Waals surface area contributed by atoms with E-state index in [0.29, 0.717) is 6.54 Å². The first-order valence-electron chi connectivity index (χ1n) is 13.0. The van der Waals surface area contributed by atoms with E-state index in [1.165, 1.54) is 96.3 Å². The van der Waals surface area contributed by atoms with Gasteiger partial charge in [0.15, 0.2) is 6.54 Å². The standard InChI is InChI=1S/C27H49NO4.BrH/c1-5-8-9-10-11-12-13-14-15-16-17-18-19-20-21-22-23-28(4)24-27(31-25(29)6-2)32-26(30)7-3;/h6-7,27H,2-3,5,8-24H2,1,4H3;1H. The Labute approximate surface area is 214 Å². The Balaban J connectivity index is 0. The second-order valence-corrected chi connectivity index (χ2v) is 8.93. The normalized spacial score (nSPS) is 11.5.